The first-order valence-corrected chi connectivity index (χ1v) is 17.6. The Morgan fingerprint density at radius 1 is 0.804 bits per heavy atom. The Balaban J connectivity index is 1.44. The Labute approximate surface area is 297 Å². The van der Waals surface area contributed by atoms with Gasteiger partial charge in [-0.05, 0) is 65.4 Å². The van der Waals surface area contributed by atoms with Crippen molar-refractivity contribution in [3.05, 3.63) is 102 Å². The summed E-state index contributed by atoms with van der Waals surface area (Å²) in [6.07, 6.45) is 3.60. The summed E-state index contributed by atoms with van der Waals surface area (Å²) in [6.45, 7) is 6.41. The molecule has 13 nitrogen and oxygen atoms in total. The van der Waals surface area contributed by atoms with E-state index in [9.17, 15) is 13.2 Å². The summed E-state index contributed by atoms with van der Waals surface area (Å²) in [5.41, 5.74) is 1.83. The van der Waals surface area contributed by atoms with Gasteiger partial charge in [0.05, 0.1) is 32.1 Å². The fraction of sp³-hybridized carbons (Fsp3) is 0.270. The predicted octanol–water partition coefficient (Wildman–Crippen LogP) is 5.97. The Morgan fingerprint density at radius 2 is 1.49 bits per heavy atom. The van der Waals surface area contributed by atoms with Gasteiger partial charge in [-0.1, -0.05) is 57.2 Å². The maximum atomic E-state index is 13.8. The Bertz CT molecular complexity index is 2040. The summed E-state index contributed by atoms with van der Waals surface area (Å²) in [5.74, 6) is 0.629. The average Bonchev–Trinajstić information content (AvgIpc) is 3.13. The van der Waals surface area contributed by atoms with Crippen LogP contribution in [-0.2, 0) is 26.7 Å². The number of carbonyl (C=O) groups is 1. The third-order valence-electron chi connectivity index (χ3n) is 7.61. The molecular weight excluding hydrogens is 673 g/mol. The first-order valence-electron chi connectivity index (χ1n) is 16.1. The lowest BCUT2D eigenvalue weighted by atomic mass is 9.87. The normalized spacial score (nSPS) is 11.4. The number of aromatic nitrogens is 4. The first kappa shape index (κ1) is 36.5. The fourth-order valence-electron chi connectivity index (χ4n) is 4.80. The van der Waals surface area contributed by atoms with Gasteiger partial charge in [0.15, 0.2) is 23.1 Å². The van der Waals surface area contributed by atoms with Gasteiger partial charge in [-0.15, -0.1) is 0 Å². The minimum atomic E-state index is -4.21. The van der Waals surface area contributed by atoms with E-state index in [0.29, 0.717) is 18.7 Å². The van der Waals surface area contributed by atoms with Gasteiger partial charge < -0.3 is 24.3 Å². The highest BCUT2D eigenvalue weighted by Gasteiger charge is 2.26. The van der Waals surface area contributed by atoms with Crippen LogP contribution in [0.3, 0.4) is 0 Å². The van der Waals surface area contributed by atoms with Crippen molar-refractivity contribution in [2.45, 2.75) is 43.9 Å². The van der Waals surface area contributed by atoms with Crippen molar-refractivity contribution in [3.8, 4) is 40.5 Å². The van der Waals surface area contributed by atoms with Crippen LogP contribution in [0.25, 0.3) is 11.6 Å². The van der Waals surface area contributed by atoms with Gasteiger partial charge in [-0.25, -0.2) is 23.4 Å². The molecule has 0 saturated heterocycles. The molecule has 0 aliphatic carbocycles. The highest BCUT2D eigenvalue weighted by Crippen LogP contribution is 2.41. The zero-order valence-electron chi connectivity index (χ0n) is 29.0. The summed E-state index contributed by atoms with van der Waals surface area (Å²) in [4.78, 5) is 30.2. The van der Waals surface area contributed by atoms with Crippen LogP contribution < -0.4 is 29.0 Å². The number of anilines is 1. The number of para-hydroxylation sites is 2. The SMILES string of the molecule is COc1ccc(CCNC(=O)CCOc2nc(-c3ncccn3)nc(NS(=O)(=O)c3ccc(C(C)(C)C)cc3)c2Oc2ccccc2OC)cc1. The van der Waals surface area contributed by atoms with Crippen molar-refractivity contribution in [2.75, 3.05) is 32.1 Å². The summed E-state index contributed by atoms with van der Waals surface area (Å²) < 4.78 is 53.1. The molecular formula is C37H40N6O7S. The van der Waals surface area contributed by atoms with Gasteiger partial charge in [-0.2, -0.15) is 4.98 Å². The van der Waals surface area contributed by atoms with Crippen molar-refractivity contribution in [1.82, 2.24) is 25.3 Å². The van der Waals surface area contributed by atoms with Gasteiger partial charge in [0, 0.05) is 18.9 Å². The Hall–Kier alpha value is -5.76. The lowest BCUT2D eigenvalue weighted by molar-refractivity contribution is -0.121. The summed E-state index contributed by atoms with van der Waals surface area (Å²) >= 11 is 0. The molecule has 5 aromatic rings. The number of nitrogens with one attached hydrogen (secondary N) is 2. The molecule has 0 aliphatic rings. The van der Waals surface area contributed by atoms with Gasteiger partial charge in [-0.3, -0.25) is 9.52 Å². The van der Waals surface area contributed by atoms with Crippen molar-refractivity contribution >= 4 is 21.7 Å². The van der Waals surface area contributed by atoms with Gasteiger partial charge >= 0.3 is 0 Å². The molecule has 0 unspecified atom stereocenters. The molecule has 0 radical (unpaired) electrons. The minimum absolute atomic E-state index is 0.00337. The number of benzene rings is 3. The zero-order chi connectivity index (χ0) is 36.4. The molecule has 266 valence electrons. The number of hydrogen-bond donors (Lipinski definition) is 2. The number of carbonyl (C=O) groups excluding carboxylic acids is 1. The van der Waals surface area contributed by atoms with Crippen molar-refractivity contribution in [2.24, 2.45) is 0 Å². The number of ether oxygens (including phenoxy) is 4. The number of amides is 1. The van der Waals surface area contributed by atoms with Crippen molar-refractivity contribution in [1.29, 1.82) is 0 Å². The molecule has 51 heavy (non-hydrogen) atoms. The van der Waals surface area contributed by atoms with E-state index in [0.717, 1.165) is 16.9 Å². The molecule has 0 atom stereocenters. The molecule has 5 rings (SSSR count). The van der Waals surface area contributed by atoms with Crippen molar-refractivity contribution in [3.63, 3.8) is 0 Å². The van der Waals surface area contributed by atoms with Crippen LogP contribution in [0.15, 0.2) is 96.2 Å². The minimum Gasteiger partial charge on any atom is -0.497 e. The van der Waals surface area contributed by atoms with Crippen LogP contribution in [0.2, 0.25) is 0 Å². The summed E-state index contributed by atoms with van der Waals surface area (Å²) in [6, 6.07) is 22.6. The highest BCUT2D eigenvalue weighted by atomic mass is 32.2. The van der Waals surface area contributed by atoms with Crippen LogP contribution in [0.4, 0.5) is 5.82 Å². The van der Waals surface area contributed by atoms with Gasteiger partial charge in [0.1, 0.15) is 5.75 Å². The zero-order valence-corrected chi connectivity index (χ0v) is 29.9. The largest absolute Gasteiger partial charge is 0.497 e. The fourth-order valence-corrected chi connectivity index (χ4v) is 5.81. The molecule has 0 saturated carbocycles. The summed E-state index contributed by atoms with van der Waals surface area (Å²) in [7, 11) is -1.13. The number of methoxy groups -OCH3 is 2. The van der Waals surface area contributed by atoms with Crippen molar-refractivity contribution < 1.29 is 32.2 Å². The number of nitrogens with zero attached hydrogens (tertiary/aromatic N) is 4. The predicted molar refractivity (Wildman–Crippen MR) is 192 cm³/mol. The van der Waals surface area contributed by atoms with Gasteiger partial charge in [0.25, 0.3) is 15.9 Å². The molecule has 3 aromatic carbocycles. The van der Waals surface area contributed by atoms with Crippen LogP contribution in [0.1, 0.15) is 38.3 Å². The maximum Gasteiger partial charge on any atom is 0.263 e. The molecule has 1 amide bonds. The monoisotopic (exact) mass is 712 g/mol. The maximum absolute atomic E-state index is 13.8. The first-order chi connectivity index (χ1) is 24.5. The molecule has 2 N–H and O–H groups in total. The lowest BCUT2D eigenvalue weighted by Gasteiger charge is -2.20. The van der Waals surface area contributed by atoms with E-state index in [1.165, 1.54) is 31.6 Å². The van der Waals surface area contributed by atoms with Crippen LogP contribution in [0, 0.1) is 0 Å². The van der Waals surface area contributed by atoms with Crippen LogP contribution in [0.5, 0.6) is 28.9 Å². The number of rotatable bonds is 15. The second kappa shape index (κ2) is 16.3. The average molecular weight is 713 g/mol. The van der Waals surface area contributed by atoms with E-state index in [1.807, 2.05) is 45.0 Å². The van der Waals surface area contributed by atoms with E-state index in [4.69, 9.17) is 18.9 Å². The topological polar surface area (TPSA) is 164 Å². The summed E-state index contributed by atoms with van der Waals surface area (Å²) in [5, 5.41) is 2.88. The second-order valence-corrected chi connectivity index (χ2v) is 14.0. The second-order valence-electron chi connectivity index (χ2n) is 12.3. The molecule has 0 fully saturated rings. The molecule has 0 aliphatic heterocycles. The molecule has 0 spiro atoms. The highest BCUT2D eigenvalue weighted by molar-refractivity contribution is 7.92. The van der Waals surface area contributed by atoms with E-state index in [-0.39, 0.29) is 64.1 Å². The molecule has 2 heterocycles. The third-order valence-corrected chi connectivity index (χ3v) is 8.96. The number of sulfonamides is 1. The third kappa shape index (κ3) is 9.69. The van der Waals surface area contributed by atoms with Crippen LogP contribution in [-0.4, -0.2) is 61.6 Å². The van der Waals surface area contributed by atoms with E-state index < -0.39 is 10.0 Å². The van der Waals surface area contributed by atoms with Gasteiger partial charge in [0.2, 0.25) is 17.5 Å². The van der Waals surface area contributed by atoms with E-state index in [2.05, 4.69) is 30.0 Å². The molecule has 14 heteroatoms. The smallest absolute Gasteiger partial charge is 0.263 e. The Kier molecular flexibility index (Phi) is 11.7. The Morgan fingerprint density at radius 3 is 2.14 bits per heavy atom. The van der Waals surface area contributed by atoms with E-state index in [1.54, 1.807) is 49.6 Å². The standard InChI is InChI=1S/C37H40N6O7S/c1-37(2,3)26-13-17-28(18-14-26)51(45,46)43-33-32(50-30-10-7-6-9-29(30)48-5)36(42-35(41-33)34-39-21-8-22-40-34)49-24-20-31(44)38-23-19-25-11-15-27(47-4)16-12-25/h6-18,21-22H,19-20,23-24H2,1-5H3,(H,38,44)(H,41,42,43). The molecule has 0 bridgehead atoms. The number of hydrogen-bond acceptors (Lipinski definition) is 11. The van der Waals surface area contributed by atoms with Crippen LogP contribution >= 0.6 is 0 Å². The van der Waals surface area contributed by atoms with E-state index >= 15 is 0 Å². The lowest BCUT2D eigenvalue weighted by Crippen LogP contribution is -2.27. The quantitative estimate of drug-likeness (QED) is 0.131. The molecule has 2 aromatic heterocycles.